The molecule has 0 aromatic carbocycles. The number of allylic oxidation sites excluding steroid dienone is 1. The van der Waals surface area contributed by atoms with Gasteiger partial charge in [-0.05, 0) is 47.0 Å². The van der Waals surface area contributed by atoms with Gasteiger partial charge in [0.15, 0.2) is 0 Å². The van der Waals surface area contributed by atoms with Crippen molar-refractivity contribution in [1.29, 1.82) is 0 Å². The zero-order valence-electron chi connectivity index (χ0n) is 25.8. The molecule has 0 aromatic heterocycles. The van der Waals surface area contributed by atoms with Gasteiger partial charge in [-0.1, -0.05) is 96.5 Å². The Morgan fingerprint density at radius 1 is 0.700 bits per heavy atom. The lowest BCUT2D eigenvalue weighted by atomic mass is 10.0. The highest BCUT2D eigenvalue weighted by molar-refractivity contribution is 5.85. The Labute approximate surface area is 243 Å². The number of amides is 1. The van der Waals surface area contributed by atoms with E-state index in [0.717, 1.165) is 32.1 Å². The van der Waals surface area contributed by atoms with E-state index in [1.165, 1.54) is 70.6 Å². The molecule has 0 aliphatic rings. The Hall–Kier alpha value is -2.38. The topological polar surface area (TPSA) is 119 Å². The molecule has 232 valence electrons. The third kappa shape index (κ3) is 25.9. The van der Waals surface area contributed by atoms with Crippen LogP contribution in [0, 0.1) is 0 Å². The summed E-state index contributed by atoms with van der Waals surface area (Å²) in [5.74, 6) is -1.54. The molecule has 0 bridgehead atoms. The Morgan fingerprint density at radius 2 is 1.10 bits per heavy atom. The molecule has 0 unspecified atom stereocenters. The van der Waals surface area contributed by atoms with Gasteiger partial charge in [-0.2, -0.15) is 0 Å². The van der Waals surface area contributed by atoms with Crippen LogP contribution in [-0.2, 0) is 28.7 Å². The minimum Gasteiger partial charge on any atom is -0.481 e. The van der Waals surface area contributed by atoms with Crippen molar-refractivity contribution in [1.82, 2.24) is 5.32 Å². The van der Waals surface area contributed by atoms with Crippen LogP contribution in [0.3, 0.4) is 0 Å². The van der Waals surface area contributed by atoms with Gasteiger partial charge in [0.2, 0.25) is 5.91 Å². The molecule has 0 aliphatic carbocycles. The first kappa shape index (κ1) is 37.6. The summed E-state index contributed by atoms with van der Waals surface area (Å²) in [6.07, 6.45) is 19.3. The highest BCUT2D eigenvalue weighted by Gasteiger charge is 2.27. The molecule has 0 spiro atoms. The maximum Gasteiger partial charge on any atom is 0.329 e. The monoisotopic (exact) mass is 567 g/mol. The Bertz CT molecular complexity index is 742. The van der Waals surface area contributed by atoms with Crippen molar-refractivity contribution in [2.45, 2.75) is 168 Å². The number of carbonyl (C=O) groups is 4. The maximum atomic E-state index is 12.3. The van der Waals surface area contributed by atoms with Gasteiger partial charge >= 0.3 is 17.9 Å². The Kier molecular flexibility index (Phi) is 21.9. The van der Waals surface area contributed by atoms with Crippen LogP contribution in [0.25, 0.3) is 0 Å². The number of rotatable bonds is 25. The molecule has 1 amide bonds. The van der Waals surface area contributed by atoms with E-state index in [4.69, 9.17) is 14.6 Å². The molecule has 0 saturated heterocycles. The summed E-state index contributed by atoms with van der Waals surface area (Å²) >= 11 is 0. The zero-order chi connectivity index (χ0) is 30.2. The van der Waals surface area contributed by atoms with Crippen molar-refractivity contribution in [3.05, 3.63) is 12.3 Å². The van der Waals surface area contributed by atoms with E-state index in [-0.39, 0.29) is 24.7 Å². The van der Waals surface area contributed by atoms with Gasteiger partial charge in [0.05, 0.1) is 5.76 Å². The number of aliphatic carboxylic acids is 1. The molecule has 0 heterocycles. The van der Waals surface area contributed by atoms with Crippen LogP contribution in [0.15, 0.2) is 12.3 Å². The smallest absolute Gasteiger partial charge is 0.329 e. The van der Waals surface area contributed by atoms with E-state index in [1.807, 2.05) is 0 Å². The van der Waals surface area contributed by atoms with Crippen LogP contribution in [0.2, 0.25) is 0 Å². The average molecular weight is 568 g/mol. The summed E-state index contributed by atoms with van der Waals surface area (Å²) in [6.45, 7) is 10.5. The molecule has 8 heteroatoms. The lowest BCUT2D eigenvalue weighted by Gasteiger charge is -2.24. The molecule has 2 N–H and O–H groups in total. The predicted molar refractivity (Wildman–Crippen MR) is 159 cm³/mol. The quantitative estimate of drug-likeness (QED) is 0.0657. The number of carboxylic acids is 1. The summed E-state index contributed by atoms with van der Waals surface area (Å²) < 4.78 is 10.3. The van der Waals surface area contributed by atoms with Gasteiger partial charge < -0.3 is 19.9 Å². The predicted octanol–water partition coefficient (Wildman–Crippen LogP) is 7.78. The van der Waals surface area contributed by atoms with Gasteiger partial charge in [-0.15, -0.1) is 0 Å². The van der Waals surface area contributed by atoms with Crippen molar-refractivity contribution >= 4 is 23.8 Å². The highest BCUT2D eigenvalue weighted by atomic mass is 16.6. The van der Waals surface area contributed by atoms with Crippen LogP contribution in [0.4, 0.5) is 0 Å². The van der Waals surface area contributed by atoms with Crippen LogP contribution < -0.4 is 5.32 Å². The molecule has 0 radical (unpaired) electrons. The molecule has 0 fully saturated rings. The molecule has 40 heavy (non-hydrogen) atoms. The lowest BCUT2D eigenvalue weighted by Crippen LogP contribution is -2.44. The lowest BCUT2D eigenvalue weighted by molar-refractivity contribution is -0.159. The van der Waals surface area contributed by atoms with E-state index in [0.29, 0.717) is 18.6 Å². The number of unbranched alkanes of at least 4 members (excludes halogenated alkanes) is 15. The number of hydrogen-bond acceptors (Lipinski definition) is 6. The third-order valence-corrected chi connectivity index (χ3v) is 6.50. The second-order valence-electron chi connectivity index (χ2n) is 11.9. The number of ether oxygens (including phenoxy) is 2. The largest absolute Gasteiger partial charge is 0.481 e. The van der Waals surface area contributed by atoms with Crippen molar-refractivity contribution in [2.24, 2.45) is 0 Å². The van der Waals surface area contributed by atoms with Crippen LogP contribution in [0.5, 0.6) is 0 Å². The Morgan fingerprint density at radius 3 is 1.48 bits per heavy atom. The number of esters is 2. The van der Waals surface area contributed by atoms with Crippen LogP contribution in [-0.4, -0.2) is 40.6 Å². The minimum atomic E-state index is -1.01. The summed E-state index contributed by atoms with van der Waals surface area (Å²) in [5, 5.41) is 11.6. The zero-order valence-corrected chi connectivity index (χ0v) is 25.8. The molecular formula is C32H57NO7. The number of carbonyl (C=O) groups excluding carboxylic acids is 3. The second-order valence-corrected chi connectivity index (χ2v) is 11.9. The fourth-order valence-corrected chi connectivity index (χ4v) is 4.43. The Balaban J connectivity index is 3.64. The fraction of sp³-hybridized carbons (Fsp3) is 0.812. The highest BCUT2D eigenvalue weighted by Crippen LogP contribution is 2.15. The van der Waals surface area contributed by atoms with Crippen molar-refractivity contribution in [2.75, 3.05) is 0 Å². The van der Waals surface area contributed by atoms with Crippen molar-refractivity contribution < 1.29 is 33.8 Å². The normalized spacial score (nSPS) is 12.0. The number of hydrogen-bond donors (Lipinski definition) is 2. The van der Waals surface area contributed by atoms with E-state index in [1.54, 1.807) is 27.7 Å². The molecule has 0 rings (SSSR count). The standard InChI is InChI=1S/C32H57NO7/c1-26(2)39-30(37)23-21-19-17-15-13-11-9-7-6-8-10-12-14-16-18-20-22-28(34)33-27(24-25-29(35)36)31(38)40-32(3,4)5/h27H,1,6-25H2,2-5H3,(H,33,34)(H,35,36)/t27-/m0/s1. The van der Waals surface area contributed by atoms with Gasteiger partial charge in [0.1, 0.15) is 11.6 Å². The van der Waals surface area contributed by atoms with E-state index >= 15 is 0 Å². The van der Waals surface area contributed by atoms with Crippen molar-refractivity contribution in [3.63, 3.8) is 0 Å². The molecule has 8 nitrogen and oxygen atoms in total. The summed E-state index contributed by atoms with van der Waals surface area (Å²) in [4.78, 5) is 47.0. The van der Waals surface area contributed by atoms with E-state index in [2.05, 4.69) is 11.9 Å². The molecule has 0 saturated carbocycles. The first-order valence-corrected chi connectivity index (χ1v) is 15.5. The fourth-order valence-electron chi connectivity index (χ4n) is 4.43. The van der Waals surface area contributed by atoms with Crippen LogP contribution >= 0.6 is 0 Å². The first-order valence-electron chi connectivity index (χ1n) is 15.5. The van der Waals surface area contributed by atoms with Crippen molar-refractivity contribution in [3.8, 4) is 0 Å². The minimum absolute atomic E-state index is 0.0211. The van der Waals surface area contributed by atoms with Gasteiger partial charge in [-0.25, -0.2) is 4.79 Å². The molecule has 0 aliphatic heterocycles. The second kappa shape index (κ2) is 23.3. The maximum absolute atomic E-state index is 12.3. The molecular weight excluding hydrogens is 510 g/mol. The average Bonchev–Trinajstić information content (AvgIpc) is 2.84. The van der Waals surface area contributed by atoms with Gasteiger partial charge in [0, 0.05) is 19.3 Å². The molecule has 1 atom stereocenters. The summed E-state index contributed by atoms with van der Waals surface area (Å²) in [7, 11) is 0. The van der Waals surface area contributed by atoms with E-state index in [9.17, 15) is 19.2 Å². The number of carboxylic acid groups (broad SMARTS) is 1. The van der Waals surface area contributed by atoms with Gasteiger partial charge in [0.25, 0.3) is 0 Å². The van der Waals surface area contributed by atoms with Gasteiger partial charge in [-0.3, -0.25) is 14.4 Å². The number of nitrogens with one attached hydrogen (secondary N) is 1. The first-order chi connectivity index (χ1) is 18.9. The van der Waals surface area contributed by atoms with Crippen LogP contribution in [0.1, 0.15) is 156 Å². The summed E-state index contributed by atoms with van der Waals surface area (Å²) in [5.41, 5.74) is -0.699. The summed E-state index contributed by atoms with van der Waals surface area (Å²) in [6, 6.07) is -0.932. The van der Waals surface area contributed by atoms with E-state index < -0.39 is 23.6 Å². The molecule has 0 aromatic rings. The third-order valence-electron chi connectivity index (χ3n) is 6.50. The SMILES string of the molecule is C=C(C)OC(=O)CCCCCCCCCCCCCCCCCCC(=O)N[C@@H](CCC(=O)O)C(=O)OC(C)(C)C.